The van der Waals surface area contributed by atoms with Crippen molar-refractivity contribution in [2.75, 3.05) is 19.0 Å². The number of benzene rings is 2. The molecule has 1 heterocycles. The van der Waals surface area contributed by atoms with Crippen LogP contribution in [0.1, 0.15) is 38.8 Å². The molecule has 1 saturated heterocycles. The monoisotopic (exact) mass is 607 g/mol. The van der Waals surface area contributed by atoms with Crippen LogP contribution in [-0.4, -0.2) is 47.7 Å². The maximum absolute atomic E-state index is 13.0. The highest BCUT2D eigenvalue weighted by molar-refractivity contribution is 14.1. The zero-order chi connectivity index (χ0) is 25.7. The van der Waals surface area contributed by atoms with Crippen molar-refractivity contribution in [3.8, 4) is 11.5 Å². The number of nitrogens with one attached hydrogen (secondary N) is 1. The molecule has 0 atom stereocenters. The number of amidine groups is 1. The molecule has 0 bridgehead atoms. The molecule has 0 radical (unpaired) electrons. The van der Waals surface area contributed by atoms with Crippen molar-refractivity contribution >= 4 is 63.1 Å². The Bertz CT molecular complexity index is 1160. The number of ether oxygens (including phenoxy) is 2. The summed E-state index contributed by atoms with van der Waals surface area (Å²) in [4.78, 5) is 32.4. The fourth-order valence-electron chi connectivity index (χ4n) is 3.34. The highest BCUT2D eigenvalue weighted by atomic mass is 127. The van der Waals surface area contributed by atoms with E-state index >= 15 is 0 Å². The predicted octanol–water partition coefficient (Wildman–Crippen LogP) is 5.71. The Labute approximate surface area is 224 Å². The van der Waals surface area contributed by atoms with Crippen molar-refractivity contribution in [3.63, 3.8) is 0 Å². The number of hydrogen-bond acceptors (Lipinski definition) is 6. The first-order chi connectivity index (χ1) is 16.6. The Kier molecular flexibility index (Phi) is 9.23. The van der Waals surface area contributed by atoms with Gasteiger partial charge in [0.05, 0.1) is 15.6 Å². The summed E-state index contributed by atoms with van der Waals surface area (Å²) in [5, 5.41) is 3.53. The third-order valence-corrected chi connectivity index (χ3v) is 6.75. The molecule has 0 aliphatic carbocycles. The van der Waals surface area contributed by atoms with Crippen LogP contribution in [0.15, 0.2) is 46.3 Å². The minimum absolute atomic E-state index is 0.00917. The average molecular weight is 608 g/mol. The lowest BCUT2D eigenvalue weighted by molar-refractivity contribution is -0.123. The maximum atomic E-state index is 13.0. The number of aryl methyl sites for hydroxylation is 1. The van der Waals surface area contributed by atoms with Crippen molar-refractivity contribution < 1.29 is 19.1 Å². The molecule has 1 N–H and O–H groups in total. The second-order valence-corrected chi connectivity index (χ2v) is 10.8. The van der Waals surface area contributed by atoms with E-state index in [0.29, 0.717) is 27.3 Å². The summed E-state index contributed by atoms with van der Waals surface area (Å²) in [7, 11) is 1.55. The van der Waals surface area contributed by atoms with E-state index in [2.05, 4.69) is 32.9 Å². The Balaban J connectivity index is 1.78. The van der Waals surface area contributed by atoms with Gasteiger partial charge in [-0.2, -0.15) is 0 Å². The van der Waals surface area contributed by atoms with Gasteiger partial charge in [0.15, 0.2) is 23.3 Å². The number of methoxy groups -OCH3 is 1. The summed E-state index contributed by atoms with van der Waals surface area (Å²) in [6, 6.07) is 11.4. The Morgan fingerprint density at radius 3 is 2.49 bits per heavy atom. The number of carbonyl (C=O) groups is 2. The van der Waals surface area contributed by atoms with E-state index in [-0.39, 0.29) is 30.5 Å². The van der Waals surface area contributed by atoms with Crippen LogP contribution < -0.4 is 14.8 Å². The van der Waals surface area contributed by atoms with E-state index < -0.39 is 0 Å². The van der Waals surface area contributed by atoms with Crippen LogP contribution in [-0.2, 0) is 9.59 Å². The van der Waals surface area contributed by atoms with Crippen LogP contribution in [0.2, 0.25) is 0 Å². The van der Waals surface area contributed by atoms with E-state index in [0.717, 1.165) is 14.7 Å². The number of hydrogen-bond donors (Lipinski definition) is 1. The lowest BCUT2D eigenvalue weighted by atomic mass is 10.1. The smallest absolute Gasteiger partial charge is 0.266 e. The maximum Gasteiger partial charge on any atom is 0.266 e. The van der Waals surface area contributed by atoms with Crippen LogP contribution in [0.4, 0.5) is 5.69 Å². The van der Waals surface area contributed by atoms with Crippen LogP contribution in [0, 0.1) is 10.5 Å². The molecular formula is C26H30IN3O4S. The summed E-state index contributed by atoms with van der Waals surface area (Å²) in [5.41, 5.74) is 2.63. The van der Waals surface area contributed by atoms with Gasteiger partial charge in [0.1, 0.15) is 0 Å². The molecule has 1 fully saturated rings. The summed E-state index contributed by atoms with van der Waals surface area (Å²) in [6.07, 6.45) is 1.84. The van der Waals surface area contributed by atoms with Crippen LogP contribution >= 0.6 is 34.4 Å². The van der Waals surface area contributed by atoms with E-state index in [4.69, 9.17) is 9.47 Å². The molecule has 2 aromatic rings. The normalized spacial score (nSPS) is 16.0. The summed E-state index contributed by atoms with van der Waals surface area (Å²) in [5.74, 6) is 0.632. The number of rotatable bonds is 8. The SMILES string of the molecule is COc1cc(/C=C2/SC(=NC(C)C)N(C(C)C)C2=O)cc(I)c1OCC(=O)Nc1ccc(C)cc1. The first-order valence-electron chi connectivity index (χ1n) is 11.3. The molecule has 1 aliphatic heterocycles. The zero-order valence-corrected chi connectivity index (χ0v) is 23.7. The standard InChI is InChI=1S/C26H30IN3O4S/c1-15(2)28-26-30(16(3)4)25(32)22(35-26)13-18-11-20(27)24(21(12-18)33-6)34-14-23(31)29-19-9-7-17(5)8-10-19/h7-13,15-16H,14H2,1-6H3,(H,29,31)/b22-13+,28-26?. The average Bonchev–Trinajstić information content (AvgIpc) is 3.08. The highest BCUT2D eigenvalue weighted by Gasteiger charge is 2.35. The van der Waals surface area contributed by atoms with E-state index in [1.54, 1.807) is 18.1 Å². The van der Waals surface area contributed by atoms with Crippen molar-refractivity contribution in [2.24, 2.45) is 4.99 Å². The minimum Gasteiger partial charge on any atom is -0.493 e. The molecule has 0 aromatic heterocycles. The van der Waals surface area contributed by atoms with E-state index in [9.17, 15) is 9.59 Å². The third kappa shape index (κ3) is 7.00. The Morgan fingerprint density at radius 2 is 1.89 bits per heavy atom. The Hall–Kier alpha value is -2.53. The van der Waals surface area contributed by atoms with Gasteiger partial charge in [0, 0.05) is 17.8 Å². The first kappa shape index (κ1) is 27.1. The van der Waals surface area contributed by atoms with Gasteiger partial charge in [0.2, 0.25) is 0 Å². The van der Waals surface area contributed by atoms with Gasteiger partial charge < -0.3 is 14.8 Å². The number of carbonyl (C=O) groups excluding carboxylic acids is 2. The molecule has 3 rings (SSSR count). The molecule has 7 nitrogen and oxygen atoms in total. The van der Waals surface area contributed by atoms with Crippen molar-refractivity contribution in [1.82, 2.24) is 4.90 Å². The van der Waals surface area contributed by atoms with Gasteiger partial charge in [-0.15, -0.1) is 0 Å². The van der Waals surface area contributed by atoms with Crippen molar-refractivity contribution in [2.45, 2.75) is 46.7 Å². The van der Waals surface area contributed by atoms with E-state index in [1.807, 2.05) is 71.0 Å². The van der Waals surface area contributed by atoms with Crippen molar-refractivity contribution in [1.29, 1.82) is 0 Å². The zero-order valence-electron chi connectivity index (χ0n) is 20.7. The molecule has 35 heavy (non-hydrogen) atoms. The predicted molar refractivity (Wildman–Crippen MR) is 151 cm³/mol. The van der Waals surface area contributed by atoms with Crippen LogP contribution in [0.5, 0.6) is 11.5 Å². The molecule has 186 valence electrons. The number of aliphatic imine (C=N–C) groups is 1. The van der Waals surface area contributed by atoms with Crippen molar-refractivity contribution in [3.05, 3.63) is 56.0 Å². The first-order valence-corrected chi connectivity index (χ1v) is 13.2. The fourth-order valence-corrected chi connectivity index (χ4v) is 5.35. The fraction of sp³-hybridized carbons (Fsp3) is 0.346. The molecule has 0 spiro atoms. The molecular weight excluding hydrogens is 577 g/mol. The highest BCUT2D eigenvalue weighted by Crippen LogP contribution is 2.38. The second-order valence-electron chi connectivity index (χ2n) is 8.62. The minimum atomic E-state index is -0.267. The van der Waals surface area contributed by atoms with Gasteiger partial charge in [-0.25, -0.2) is 0 Å². The van der Waals surface area contributed by atoms with Gasteiger partial charge in [-0.05, 0) is 105 Å². The molecule has 2 amide bonds. The number of amides is 2. The van der Waals surface area contributed by atoms with Crippen LogP contribution in [0.25, 0.3) is 6.08 Å². The molecule has 1 aliphatic rings. The molecule has 9 heteroatoms. The number of halogens is 1. The molecule has 0 saturated carbocycles. The van der Waals surface area contributed by atoms with Gasteiger partial charge in [0.25, 0.3) is 11.8 Å². The lowest BCUT2D eigenvalue weighted by Crippen LogP contribution is -2.35. The van der Waals surface area contributed by atoms with Crippen LogP contribution in [0.3, 0.4) is 0 Å². The molecule has 2 aromatic carbocycles. The number of nitrogens with zero attached hydrogens (tertiary/aromatic N) is 2. The van der Waals surface area contributed by atoms with Gasteiger partial charge in [-0.1, -0.05) is 17.7 Å². The summed E-state index contributed by atoms with van der Waals surface area (Å²) in [6.45, 7) is 9.76. The topological polar surface area (TPSA) is 80.2 Å². The summed E-state index contributed by atoms with van der Waals surface area (Å²) < 4.78 is 12.1. The van der Waals surface area contributed by atoms with Gasteiger partial charge in [-0.3, -0.25) is 19.5 Å². The molecule has 0 unspecified atom stereocenters. The summed E-state index contributed by atoms with van der Waals surface area (Å²) >= 11 is 3.52. The lowest BCUT2D eigenvalue weighted by Gasteiger charge is -2.20. The van der Waals surface area contributed by atoms with E-state index in [1.165, 1.54) is 11.8 Å². The Morgan fingerprint density at radius 1 is 1.20 bits per heavy atom. The largest absolute Gasteiger partial charge is 0.493 e. The third-order valence-electron chi connectivity index (χ3n) is 4.95. The second kappa shape index (κ2) is 11.9. The number of anilines is 1. The quantitative estimate of drug-likeness (QED) is 0.307. The van der Waals surface area contributed by atoms with Gasteiger partial charge >= 0.3 is 0 Å². The number of thioether (sulfide) groups is 1.